The minimum absolute atomic E-state index is 0.0370. The summed E-state index contributed by atoms with van der Waals surface area (Å²) in [6.07, 6.45) is -4.81. The normalized spacial score (nSPS) is 13.6. The predicted molar refractivity (Wildman–Crippen MR) is 151 cm³/mol. The molecule has 0 atom stereocenters. The monoisotopic (exact) mass is 573 g/mol. The molecule has 2 aromatic heterocycles. The largest absolute Gasteiger partial charge is 0.435 e. The van der Waals surface area contributed by atoms with Crippen molar-refractivity contribution in [2.75, 3.05) is 25.5 Å². The summed E-state index contributed by atoms with van der Waals surface area (Å²) in [5, 5.41) is 10.1. The fraction of sp³-hybridized carbons (Fsp3) is 0.200. The Labute approximate surface area is 238 Å². The molecule has 12 heteroatoms. The number of benzene rings is 3. The van der Waals surface area contributed by atoms with Gasteiger partial charge in [-0.05, 0) is 61.5 Å². The number of anilines is 1. The summed E-state index contributed by atoms with van der Waals surface area (Å²) in [7, 11) is 4.00. The maximum Gasteiger partial charge on any atom is 0.435 e. The van der Waals surface area contributed by atoms with E-state index in [0.717, 1.165) is 27.9 Å². The van der Waals surface area contributed by atoms with Crippen LogP contribution in [-0.2, 0) is 19.1 Å². The lowest BCUT2D eigenvalue weighted by molar-refractivity contribution is -0.141. The van der Waals surface area contributed by atoms with E-state index in [1.807, 2.05) is 44.4 Å². The van der Waals surface area contributed by atoms with Crippen LogP contribution in [0, 0.1) is 0 Å². The Hall–Kier alpha value is -4.97. The third kappa shape index (κ3) is 4.90. The Bertz CT molecular complexity index is 1830. The second kappa shape index (κ2) is 10.5. The molecule has 3 heterocycles. The maximum atomic E-state index is 14.1. The number of alkyl halides is 3. The van der Waals surface area contributed by atoms with Crippen LogP contribution in [-0.4, -0.2) is 56.4 Å². The van der Waals surface area contributed by atoms with Gasteiger partial charge in [-0.25, -0.2) is 14.6 Å². The van der Waals surface area contributed by atoms with Gasteiger partial charge in [0.2, 0.25) is 0 Å². The Kier molecular flexibility index (Phi) is 6.77. The lowest BCUT2D eigenvalue weighted by Crippen LogP contribution is -2.39. The summed E-state index contributed by atoms with van der Waals surface area (Å²) >= 11 is 0. The predicted octanol–water partition coefficient (Wildman–Crippen LogP) is 4.90. The Morgan fingerprint density at radius 1 is 0.929 bits per heavy atom. The number of amides is 1. The first-order valence-corrected chi connectivity index (χ1v) is 13.2. The fourth-order valence-corrected chi connectivity index (χ4v) is 5.37. The molecule has 0 fully saturated rings. The second-order valence-corrected chi connectivity index (χ2v) is 10.3. The third-order valence-electron chi connectivity index (χ3n) is 7.17. The summed E-state index contributed by atoms with van der Waals surface area (Å²) in [6.45, 7) is 0.815. The van der Waals surface area contributed by atoms with E-state index >= 15 is 0 Å². The van der Waals surface area contributed by atoms with Crippen molar-refractivity contribution in [3.63, 3.8) is 0 Å². The van der Waals surface area contributed by atoms with E-state index in [0.29, 0.717) is 11.3 Å². The number of rotatable bonds is 6. The number of nitrogens with zero attached hydrogens (tertiary/aromatic N) is 5. The van der Waals surface area contributed by atoms with Gasteiger partial charge in [0.1, 0.15) is 5.69 Å². The number of halogens is 3. The summed E-state index contributed by atoms with van der Waals surface area (Å²) in [6, 6.07) is 21.9. The Balaban J connectivity index is 1.41. The topological polar surface area (TPSA) is 103 Å². The van der Waals surface area contributed by atoms with E-state index in [1.54, 1.807) is 30.3 Å². The van der Waals surface area contributed by atoms with Crippen molar-refractivity contribution in [3.05, 3.63) is 106 Å². The van der Waals surface area contributed by atoms with Gasteiger partial charge in [-0.15, -0.1) is 0 Å². The summed E-state index contributed by atoms with van der Waals surface area (Å²) < 4.78 is 43.4. The van der Waals surface area contributed by atoms with Crippen molar-refractivity contribution in [1.29, 1.82) is 0 Å². The number of hydrogen-bond acceptors (Lipinski definition) is 5. The SMILES string of the molecule is CN(C)Cc1ccccc1-c1ccc(N2CCc3c(C(F)(F)F)nn(-c4ccccc4-c4n[nH]c(=O)[nH]4)c3C2=O)cc1. The molecule has 2 N–H and O–H groups in total. The molecule has 0 unspecified atom stereocenters. The van der Waals surface area contributed by atoms with Crippen LogP contribution in [0.3, 0.4) is 0 Å². The standard InChI is InChI=1S/C30H26F3N7O2/c1-38(2)17-19-7-3-4-8-21(19)18-11-13-20(14-12-18)39-16-15-23-25(28(39)41)40(37-26(23)30(31,32)33)24-10-6-5-9-22(24)27-34-29(42)36-35-27/h3-14H,15-17H2,1-2H3,(H2,34,35,36,42). The van der Waals surface area contributed by atoms with Crippen molar-refractivity contribution in [2.24, 2.45) is 0 Å². The second-order valence-electron chi connectivity index (χ2n) is 10.3. The third-order valence-corrected chi connectivity index (χ3v) is 7.17. The first-order valence-electron chi connectivity index (χ1n) is 13.2. The molecule has 1 aliphatic rings. The van der Waals surface area contributed by atoms with Crippen molar-refractivity contribution in [1.82, 2.24) is 29.9 Å². The van der Waals surface area contributed by atoms with Gasteiger partial charge in [0.05, 0.1) is 5.69 Å². The lowest BCUT2D eigenvalue weighted by atomic mass is 9.98. The van der Waals surface area contributed by atoms with E-state index in [4.69, 9.17) is 0 Å². The molecular weight excluding hydrogens is 547 g/mol. The van der Waals surface area contributed by atoms with Crippen molar-refractivity contribution in [2.45, 2.75) is 19.1 Å². The molecule has 214 valence electrons. The molecule has 0 spiro atoms. The van der Waals surface area contributed by atoms with Crippen LogP contribution in [0.15, 0.2) is 77.6 Å². The van der Waals surface area contributed by atoms with Gasteiger partial charge in [0, 0.05) is 29.9 Å². The number of H-pyrrole nitrogens is 2. The molecule has 3 aromatic carbocycles. The fourth-order valence-electron chi connectivity index (χ4n) is 5.37. The summed E-state index contributed by atoms with van der Waals surface area (Å²) in [4.78, 5) is 31.7. The molecule has 1 aliphatic heterocycles. The average molecular weight is 574 g/mol. The lowest BCUT2D eigenvalue weighted by Gasteiger charge is -2.28. The van der Waals surface area contributed by atoms with Gasteiger partial charge in [0.15, 0.2) is 11.5 Å². The maximum absolute atomic E-state index is 14.1. The number of aromatic nitrogens is 5. The molecule has 6 rings (SSSR count). The quantitative estimate of drug-likeness (QED) is 0.301. The van der Waals surface area contributed by atoms with Gasteiger partial charge < -0.3 is 9.80 Å². The van der Waals surface area contributed by atoms with Crippen LogP contribution >= 0.6 is 0 Å². The molecule has 9 nitrogen and oxygen atoms in total. The molecule has 0 saturated carbocycles. The van der Waals surface area contributed by atoms with Crippen LogP contribution in [0.5, 0.6) is 0 Å². The Morgan fingerprint density at radius 3 is 2.29 bits per heavy atom. The number of hydrogen-bond donors (Lipinski definition) is 2. The van der Waals surface area contributed by atoms with Crippen LogP contribution in [0.25, 0.3) is 28.2 Å². The van der Waals surface area contributed by atoms with Crippen LogP contribution in [0.4, 0.5) is 18.9 Å². The van der Waals surface area contributed by atoms with E-state index in [1.165, 1.54) is 11.0 Å². The number of carbonyl (C=O) groups excluding carboxylic acids is 1. The number of para-hydroxylation sites is 1. The van der Waals surface area contributed by atoms with E-state index in [2.05, 4.69) is 31.2 Å². The highest BCUT2D eigenvalue weighted by molar-refractivity contribution is 6.08. The van der Waals surface area contributed by atoms with Crippen LogP contribution in [0.1, 0.15) is 27.3 Å². The Morgan fingerprint density at radius 2 is 1.62 bits per heavy atom. The van der Waals surface area contributed by atoms with Crippen molar-refractivity contribution in [3.8, 4) is 28.2 Å². The zero-order valence-corrected chi connectivity index (χ0v) is 22.7. The zero-order valence-electron chi connectivity index (χ0n) is 22.7. The molecule has 0 aliphatic carbocycles. The molecule has 42 heavy (non-hydrogen) atoms. The average Bonchev–Trinajstić information content (AvgIpc) is 3.58. The van der Waals surface area contributed by atoms with Gasteiger partial charge in [0.25, 0.3) is 5.91 Å². The van der Waals surface area contributed by atoms with Crippen LogP contribution < -0.4 is 10.6 Å². The van der Waals surface area contributed by atoms with Gasteiger partial charge in [-0.3, -0.25) is 9.78 Å². The minimum Gasteiger partial charge on any atom is -0.307 e. The number of nitrogens with one attached hydrogen (secondary N) is 2. The smallest absolute Gasteiger partial charge is 0.307 e. The van der Waals surface area contributed by atoms with E-state index in [9.17, 15) is 22.8 Å². The number of aromatic amines is 2. The van der Waals surface area contributed by atoms with E-state index < -0.39 is 23.5 Å². The summed E-state index contributed by atoms with van der Waals surface area (Å²) in [5.41, 5.74) is 2.19. The summed E-state index contributed by atoms with van der Waals surface area (Å²) in [5.74, 6) is -0.496. The van der Waals surface area contributed by atoms with Crippen molar-refractivity contribution >= 4 is 11.6 Å². The number of fused-ring (bicyclic) bond motifs is 1. The first-order chi connectivity index (χ1) is 20.1. The molecule has 5 aromatic rings. The minimum atomic E-state index is -4.77. The van der Waals surface area contributed by atoms with Gasteiger partial charge in [-0.1, -0.05) is 48.5 Å². The molecular formula is C30H26F3N7O2. The zero-order chi connectivity index (χ0) is 29.6. The molecule has 1 amide bonds. The highest BCUT2D eigenvalue weighted by Gasteiger charge is 2.43. The van der Waals surface area contributed by atoms with Crippen molar-refractivity contribution < 1.29 is 18.0 Å². The van der Waals surface area contributed by atoms with E-state index in [-0.39, 0.29) is 35.7 Å². The van der Waals surface area contributed by atoms with Gasteiger partial charge >= 0.3 is 11.9 Å². The first kappa shape index (κ1) is 27.2. The molecule has 0 saturated heterocycles. The van der Waals surface area contributed by atoms with Gasteiger partial charge in [-0.2, -0.15) is 23.4 Å². The number of carbonyl (C=O) groups is 1. The highest BCUT2D eigenvalue weighted by atomic mass is 19.4. The molecule has 0 bridgehead atoms. The highest BCUT2D eigenvalue weighted by Crippen LogP contribution is 2.38. The molecule has 0 radical (unpaired) electrons. The van der Waals surface area contributed by atoms with Crippen LogP contribution in [0.2, 0.25) is 0 Å².